The summed E-state index contributed by atoms with van der Waals surface area (Å²) in [6.45, 7) is 4.26. The highest BCUT2D eigenvalue weighted by atomic mass is 19.1. The van der Waals surface area contributed by atoms with Crippen LogP contribution in [0.2, 0.25) is 0 Å². The Bertz CT molecular complexity index is 237. The fourth-order valence-electron chi connectivity index (χ4n) is 1.79. The Hall–Kier alpha value is -0.600. The molecule has 0 N–H and O–H groups in total. The molecule has 0 bridgehead atoms. The Kier molecular flexibility index (Phi) is 1.70. The summed E-state index contributed by atoms with van der Waals surface area (Å²) in [6, 6.07) is 0. The van der Waals surface area contributed by atoms with Gasteiger partial charge in [0.2, 0.25) is 5.91 Å². The third-order valence-corrected chi connectivity index (χ3v) is 3.08. The van der Waals surface area contributed by atoms with Gasteiger partial charge in [-0.05, 0) is 25.2 Å². The van der Waals surface area contributed by atoms with Crippen molar-refractivity contribution in [2.75, 3.05) is 13.1 Å². The molecule has 0 aromatic heterocycles. The molecule has 1 aliphatic carbocycles. The van der Waals surface area contributed by atoms with Crippen molar-refractivity contribution in [1.29, 1.82) is 0 Å². The van der Waals surface area contributed by atoms with E-state index in [4.69, 9.17) is 0 Å². The van der Waals surface area contributed by atoms with Gasteiger partial charge in [0.05, 0.1) is 13.1 Å². The summed E-state index contributed by atoms with van der Waals surface area (Å²) in [5.41, 5.74) is -0.875. The molecule has 0 aromatic carbocycles. The molecule has 2 aliphatic rings. The van der Waals surface area contributed by atoms with Crippen LogP contribution in [-0.2, 0) is 4.79 Å². The van der Waals surface area contributed by atoms with Crippen LogP contribution in [0.3, 0.4) is 0 Å². The van der Waals surface area contributed by atoms with Crippen molar-refractivity contribution < 1.29 is 9.18 Å². The molecule has 74 valence electrons. The molecule has 1 saturated heterocycles. The highest BCUT2D eigenvalue weighted by Crippen LogP contribution is 2.48. The minimum atomic E-state index is -1.12. The second-order valence-electron chi connectivity index (χ2n) is 5.15. The first-order valence-electron chi connectivity index (χ1n) is 4.87. The molecule has 1 saturated carbocycles. The first kappa shape index (κ1) is 8.97. The van der Waals surface area contributed by atoms with Crippen molar-refractivity contribution in [2.24, 2.45) is 5.41 Å². The molecule has 2 rings (SSSR count). The Morgan fingerprint density at radius 2 is 1.92 bits per heavy atom. The van der Waals surface area contributed by atoms with E-state index in [1.165, 1.54) is 0 Å². The summed E-state index contributed by atoms with van der Waals surface area (Å²) >= 11 is 0. The zero-order chi connectivity index (χ0) is 9.69. The maximum atomic E-state index is 13.1. The molecule has 1 amide bonds. The monoisotopic (exact) mass is 185 g/mol. The molecule has 2 fully saturated rings. The van der Waals surface area contributed by atoms with E-state index >= 15 is 0 Å². The van der Waals surface area contributed by atoms with Crippen LogP contribution in [0.5, 0.6) is 0 Å². The highest BCUT2D eigenvalue weighted by Gasteiger charge is 2.45. The van der Waals surface area contributed by atoms with E-state index in [1.54, 1.807) is 11.8 Å². The molecule has 0 unspecified atom stereocenters. The SMILES string of the molecule is CC1(F)CN(C(=O)CC2(C)CC2)C1. The predicted octanol–water partition coefficient (Wildman–Crippen LogP) is 1.75. The average molecular weight is 185 g/mol. The standard InChI is InChI=1S/C10H16FNO/c1-9(3-4-9)5-8(13)12-6-10(2,11)7-12/h3-7H2,1-2H3. The lowest BCUT2D eigenvalue weighted by Crippen LogP contribution is -2.59. The fraction of sp³-hybridized carbons (Fsp3) is 0.900. The topological polar surface area (TPSA) is 20.3 Å². The molecule has 1 aliphatic heterocycles. The van der Waals surface area contributed by atoms with Gasteiger partial charge < -0.3 is 4.90 Å². The Morgan fingerprint density at radius 1 is 1.38 bits per heavy atom. The van der Waals surface area contributed by atoms with Crippen LogP contribution in [0.25, 0.3) is 0 Å². The Morgan fingerprint density at radius 3 is 2.31 bits per heavy atom. The number of rotatable bonds is 2. The smallest absolute Gasteiger partial charge is 0.223 e. The largest absolute Gasteiger partial charge is 0.336 e. The van der Waals surface area contributed by atoms with E-state index in [9.17, 15) is 9.18 Å². The maximum Gasteiger partial charge on any atom is 0.223 e. The van der Waals surface area contributed by atoms with Crippen molar-refractivity contribution in [3.8, 4) is 0 Å². The molecule has 1 heterocycles. The number of hydrogen-bond donors (Lipinski definition) is 0. The quantitative estimate of drug-likeness (QED) is 0.641. The summed E-state index contributed by atoms with van der Waals surface area (Å²) in [6.07, 6.45) is 2.92. The summed E-state index contributed by atoms with van der Waals surface area (Å²) in [5, 5.41) is 0. The van der Waals surface area contributed by atoms with E-state index < -0.39 is 5.67 Å². The van der Waals surface area contributed by atoms with E-state index in [-0.39, 0.29) is 11.3 Å². The van der Waals surface area contributed by atoms with Crippen molar-refractivity contribution in [3.63, 3.8) is 0 Å². The zero-order valence-corrected chi connectivity index (χ0v) is 8.27. The van der Waals surface area contributed by atoms with Gasteiger partial charge in [-0.25, -0.2) is 4.39 Å². The van der Waals surface area contributed by atoms with E-state index in [0.29, 0.717) is 19.5 Å². The van der Waals surface area contributed by atoms with Gasteiger partial charge in [0.1, 0.15) is 5.67 Å². The summed E-state index contributed by atoms with van der Waals surface area (Å²) in [7, 11) is 0. The lowest BCUT2D eigenvalue weighted by molar-refractivity contribution is -0.145. The van der Waals surface area contributed by atoms with Crippen LogP contribution in [-0.4, -0.2) is 29.6 Å². The third kappa shape index (κ3) is 1.84. The highest BCUT2D eigenvalue weighted by molar-refractivity contribution is 5.78. The van der Waals surface area contributed by atoms with Crippen LogP contribution in [0, 0.1) is 5.41 Å². The molecule has 0 atom stereocenters. The molecule has 2 nitrogen and oxygen atoms in total. The summed E-state index contributed by atoms with van der Waals surface area (Å²) in [4.78, 5) is 13.2. The van der Waals surface area contributed by atoms with Gasteiger partial charge in [0, 0.05) is 6.42 Å². The van der Waals surface area contributed by atoms with Crippen molar-refractivity contribution in [3.05, 3.63) is 0 Å². The van der Waals surface area contributed by atoms with Gasteiger partial charge in [-0.15, -0.1) is 0 Å². The number of amides is 1. The van der Waals surface area contributed by atoms with Gasteiger partial charge in [0.15, 0.2) is 0 Å². The molecular formula is C10H16FNO. The van der Waals surface area contributed by atoms with Crippen LogP contribution < -0.4 is 0 Å². The first-order valence-corrected chi connectivity index (χ1v) is 4.87. The first-order chi connectivity index (χ1) is 5.90. The summed E-state index contributed by atoms with van der Waals surface area (Å²) in [5.74, 6) is 0.134. The minimum Gasteiger partial charge on any atom is -0.336 e. The number of carbonyl (C=O) groups excluding carboxylic acids is 1. The number of carbonyl (C=O) groups is 1. The second-order valence-corrected chi connectivity index (χ2v) is 5.15. The van der Waals surface area contributed by atoms with Crippen LogP contribution in [0.4, 0.5) is 4.39 Å². The normalized spacial score (nSPS) is 28.1. The maximum absolute atomic E-state index is 13.1. The average Bonchev–Trinajstić information content (AvgIpc) is 2.62. The number of nitrogens with zero attached hydrogens (tertiary/aromatic N) is 1. The van der Waals surface area contributed by atoms with E-state index in [2.05, 4.69) is 6.92 Å². The van der Waals surface area contributed by atoms with Crippen molar-refractivity contribution >= 4 is 5.91 Å². The molecule has 0 radical (unpaired) electrons. The number of likely N-dealkylation sites (tertiary alicyclic amines) is 1. The van der Waals surface area contributed by atoms with Gasteiger partial charge in [0.25, 0.3) is 0 Å². The van der Waals surface area contributed by atoms with Gasteiger partial charge in [-0.3, -0.25) is 4.79 Å². The third-order valence-electron chi connectivity index (χ3n) is 3.08. The zero-order valence-electron chi connectivity index (χ0n) is 8.27. The van der Waals surface area contributed by atoms with Gasteiger partial charge >= 0.3 is 0 Å². The number of alkyl halides is 1. The number of hydrogen-bond acceptors (Lipinski definition) is 1. The molecule has 13 heavy (non-hydrogen) atoms. The van der Waals surface area contributed by atoms with Crippen LogP contribution in [0.1, 0.15) is 33.1 Å². The molecular weight excluding hydrogens is 169 g/mol. The molecule has 0 spiro atoms. The van der Waals surface area contributed by atoms with Crippen LogP contribution in [0.15, 0.2) is 0 Å². The Balaban J connectivity index is 1.80. The Labute approximate surface area is 78.1 Å². The fourth-order valence-corrected chi connectivity index (χ4v) is 1.79. The lowest BCUT2D eigenvalue weighted by Gasteiger charge is -2.42. The summed E-state index contributed by atoms with van der Waals surface area (Å²) < 4.78 is 13.1. The lowest BCUT2D eigenvalue weighted by atomic mass is 9.96. The van der Waals surface area contributed by atoms with Crippen molar-refractivity contribution in [2.45, 2.75) is 38.8 Å². The number of halogens is 1. The van der Waals surface area contributed by atoms with E-state index in [1.807, 2.05) is 0 Å². The second kappa shape index (κ2) is 2.46. The molecule has 3 heteroatoms. The minimum absolute atomic E-state index is 0.134. The predicted molar refractivity (Wildman–Crippen MR) is 48.1 cm³/mol. The molecule has 0 aromatic rings. The van der Waals surface area contributed by atoms with Crippen LogP contribution >= 0.6 is 0 Å². The van der Waals surface area contributed by atoms with Crippen molar-refractivity contribution in [1.82, 2.24) is 4.90 Å². The van der Waals surface area contributed by atoms with E-state index in [0.717, 1.165) is 12.8 Å². The van der Waals surface area contributed by atoms with Gasteiger partial charge in [-0.1, -0.05) is 6.92 Å². The van der Waals surface area contributed by atoms with Gasteiger partial charge in [-0.2, -0.15) is 0 Å².